The lowest BCUT2D eigenvalue weighted by molar-refractivity contribution is -0.491. The first-order valence-corrected chi connectivity index (χ1v) is 5.24. The van der Waals surface area contributed by atoms with E-state index >= 15 is 0 Å². The first-order chi connectivity index (χ1) is 6.73. The molecule has 3 nitrogen and oxygen atoms in total. The van der Waals surface area contributed by atoms with Crippen LogP contribution < -0.4 is 0 Å². The number of halogens is 5. The Kier molecular flexibility index (Phi) is 6.64. The normalized spacial score (nSPS) is 10.2. The fraction of sp³-hybridized carbons (Fsp3) is 0.143. The van der Waals surface area contributed by atoms with E-state index in [9.17, 15) is 10.1 Å². The lowest BCUT2D eigenvalue weighted by Crippen LogP contribution is -2.15. The number of rotatable bonds is 0. The standard InChI is InChI=1S/C6H4Cl2.CCl3NO2/c7-5-1-2-6(8)4-3-5;2-1(3,4)5(6)7/h1-4H;. The van der Waals surface area contributed by atoms with Crippen LogP contribution in [-0.2, 0) is 0 Å². The average Bonchev–Trinajstić information content (AvgIpc) is 2.09. The second-order valence-electron chi connectivity index (χ2n) is 2.16. The highest BCUT2D eigenvalue weighted by Gasteiger charge is 2.33. The summed E-state index contributed by atoms with van der Waals surface area (Å²) < 4.78 is -2.36. The zero-order valence-electron chi connectivity index (χ0n) is 6.96. The molecule has 15 heavy (non-hydrogen) atoms. The van der Waals surface area contributed by atoms with Crippen molar-refractivity contribution in [2.24, 2.45) is 0 Å². The van der Waals surface area contributed by atoms with Gasteiger partial charge in [-0.25, -0.2) is 0 Å². The van der Waals surface area contributed by atoms with Crippen molar-refractivity contribution in [3.8, 4) is 0 Å². The Morgan fingerprint density at radius 3 is 1.33 bits per heavy atom. The zero-order valence-corrected chi connectivity index (χ0v) is 10.7. The van der Waals surface area contributed by atoms with Crippen LogP contribution in [0, 0.1) is 10.1 Å². The van der Waals surface area contributed by atoms with Crippen molar-refractivity contribution < 1.29 is 4.92 Å². The first-order valence-electron chi connectivity index (χ1n) is 3.36. The first kappa shape index (κ1) is 15.1. The second kappa shape index (κ2) is 6.61. The van der Waals surface area contributed by atoms with E-state index < -0.39 is 8.84 Å². The number of benzene rings is 1. The molecule has 0 saturated heterocycles. The lowest BCUT2D eigenvalue weighted by Gasteiger charge is -1.96. The Hall–Kier alpha value is 0.0700. The fourth-order valence-corrected chi connectivity index (χ4v) is 0.682. The summed E-state index contributed by atoms with van der Waals surface area (Å²) in [6.45, 7) is 0. The molecule has 0 aliphatic carbocycles. The molecular formula is C7H4Cl5NO2. The number of nitro groups is 1. The minimum atomic E-state index is -2.36. The van der Waals surface area contributed by atoms with Gasteiger partial charge in [0.05, 0.1) is 4.92 Å². The number of alkyl halides is 3. The molecule has 1 aromatic rings. The van der Waals surface area contributed by atoms with Crippen molar-refractivity contribution in [1.82, 2.24) is 0 Å². The average molecular weight is 311 g/mol. The van der Waals surface area contributed by atoms with E-state index in [4.69, 9.17) is 58.0 Å². The van der Waals surface area contributed by atoms with E-state index in [1.165, 1.54) is 0 Å². The van der Waals surface area contributed by atoms with Crippen molar-refractivity contribution in [1.29, 1.82) is 0 Å². The topological polar surface area (TPSA) is 43.1 Å². The van der Waals surface area contributed by atoms with Crippen LogP contribution in [-0.4, -0.2) is 8.84 Å². The summed E-state index contributed by atoms with van der Waals surface area (Å²) in [6.07, 6.45) is 0. The van der Waals surface area contributed by atoms with Crippen LogP contribution in [0.4, 0.5) is 0 Å². The molecule has 8 heteroatoms. The zero-order chi connectivity index (χ0) is 12.1. The van der Waals surface area contributed by atoms with E-state index in [0.29, 0.717) is 0 Å². The summed E-state index contributed by atoms with van der Waals surface area (Å²) in [6, 6.07) is 7.02. The lowest BCUT2D eigenvalue weighted by atomic mass is 10.4. The van der Waals surface area contributed by atoms with Crippen molar-refractivity contribution in [2.75, 3.05) is 0 Å². The molecule has 0 heterocycles. The van der Waals surface area contributed by atoms with Gasteiger partial charge in [-0.2, -0.15) is 0 Å². The van der Waals surface area contributed by atoms with Crippen LogP contribution in [0.25, 0.3) is 0 Å². The number of hydrogen-bond acceptors (Lipinski definition) is 2. The van der Waals surface area contributed by atoms with Gasteiger partial charge < -0.3 is 0 Å². The van der Waals surface area contributed by atoms with Crippen molar-refractivity contribution >= 4 is 58.0 Å². The van der Waals surface area contributed by atoms with E-state index in [-0.39, 0.29) is 0 Å². The van der Waals surface area contributed by atoms with Gasteiger partial charge >= 0.3 is 3.92 Å². The van der Waals surface area contributed by atoms with Gasteiger partial charge in [0.1, 0.15) is 0 Å². The van der Waals surface area contributed by atoms with Crippen LogP contribution in [0.5, 0.6) is 0 Å². The predicted octanol–water partition coefficient (Wildman–Crippen LogP) is 4.58. The minimum absolute atomic E-state index is 0.717. The summed E-state index contributed by atoms with van der Waals surface area (Å²) in [5.41, 5.74) is 0. The monoisotopic (exact) mass is 309 g/mol. The van der Waals surface area contributed by atoms with Crippen molar-refractivity contribution in [2.45, 2.75) is 3.92 Å². The van der Waals surface area contributed by atoms with Crippen LogP contribution in [0.3, 0.4) is 0 Å². The highest BCUT2D eigenvalue weighted by atomic mass is 35.6. The van der Waals surface area contributed by atoms with E-state index in [2.05, 4.69) is 0 Å². The SMILES string of the molecule is Clc1ccc(Cl)cc1.O=[N+]([O-])C(Cl)(Cl)Cl. The molecule has 84 valence electrons. The molecule has 0 aromatic heterocycles. The summed E-state index contributed by atoms with van der Waals surface area (Å²) in [7, 11) is 0. The van der Waals surface area contributed by atoms with Gasteiger partial charge in [0.2, 0.25) is 0 Å². The molecule has 0 N–H and O–H groups in total. The summed E-state index contributed by atoms with van der Waals surface area (Å²) >= 11 is 25.2. The van der Waals surface area contributed by atoms with E-state index in [1.54, 1.807) is 24.3 Å². The van der Waals surface area contributed by atoms with Crippen molar-refractivity contribution in [3.63, 3.8) is 0 Å². The van der Waals surface area contributed by atoms with Gasteiger partial charge in [-0.05, 0) is 59.1 Å². The Balaban J connectivity index is 0.000000265. The molecule has 1 rings (SSSR count). The third-order valence-corrected chi connectivity index (χ3v) is 1.93. The van der Waals surface area contributed by atoms with Crippen LogP contribution in [0.1, 0.15) is 0 Å². The van der Waals surface area contributed by atoms with Crippen LogP contribution in [0.2, 0.25) is 10.0 Å². The maximum atomic E-state index is 9.43. The molecule has 1 aromatic carbocycles. The third kappa shape index (κ3) is 7.94. The maximum absolute atomic E-state index is 9.43. The maximum Gasteiger partial charge on any atom is 0.449 e. The molecule has 0 amide bonds. The molecule has 0 spiro atoms. The Bertz CT molecular complexity index is 300. The molecule has 0 unspecified atom stereocenters. The molecule has 0 atom stereocenters. The summed E-state index contributed by atoms with van der Waals surface area (Å²) in [5.74, 6) is 0. The van der Waals surface area contributed by atoms with Gasteiger partial charge in [0.25, 0.3) is 0 Å². The summed E-state index contributed by atoms with van der Waals surface area (Å²) in [5, 5.41) is 10.9. The highest BCUT2D eigenvalue weighted by molar-refractivity contribution is 6.65. The molecule has 0 aliphatic heterocycles. The van der Waals surface area contributed by atoms with Gasteiger partial charge in [-0.15, -0.1) is 0 Å². The highest BCUT2D eigenvalue weighted by Crippen LogP contribution is 2.25. The van der Waals surface area contributed by atoms with E-state index in [0.717, 1.165) is 10.0 Å². The molecule has 0 fully saturated rings. The van der Waals surface area contributed by atoms with Gasteiger partial charge in [-0.1, -0.05) is 23.2 Å². The van der Waals surface area contributed by atoms with Gasteiger partial charge in [0, 0.05) is 10.0 Å². The molecule has 0 bridgehead atoms. The summed E-state index contributed by atoms with van der Waals surface area (Å²) in [4.78, 5) is 8.41. The fourth-order valence-electron chi connectivity index (χ4n) is 0.430. The smallest absolute Gasteiger partial charge is 0.260 e. The van der Waals surface area contributed by atoms with Gasteiger partial charge in [0.15, 0.2) is 0 Å². The van der Waals surface area contributed by atoms with Gasteiger partial charge in [-0.3, -0.25) is 10.1 Å². The predicted molar refractivity (Wildman–Crippen MR) is 63.7 cm³/mol. The largest absolute Gasteiger partial charge is 0.449 e. The molecule has 0 radical (unpaired) electrons. The van der Waals surface area contributed by atoms with E-state index in [1.807, 2.05) is 0 Å². The molecule has 0 saturated carbocycles. The Morgan fingerprint density at radius 2 is 1.20 bits per heavy atom. The number of nitrogens with zero attached hydrogens (tertiary/aromatic N) is 1. The quantitative estimate of drug-likeness (QED) is 0.304. The van der Waals surface area contributed by atoms with Crippen molar-refractivity contribution in [3.05, 3.63) is 44.4 Å². The number of hydrogen-bond donors (Lipinski definition) is 0. The third-order valence-electron chi connectivity index (χ3n) is 1.01. The van der Waals surface area contributed by atoms with Crippen LogP contribution in [0.15, 0.2) is 24.3 Å². The van der Waals surface area contributed by atoms with Crippen LogP contribution >= 0.6 is 58.0 Å². The molecule has 0 aliphatic rings. The molecular weight excluding hydrogens is 307 g/mol. The second-order valence-corrected chi connectivity index (χ2v) is 5.26. The minimum Gasteiger partial charge on any atom is -0.260 e. The Morgan fingerprint density at radius 1 is 1.00 bits per heavy atom. The Labute approximate surface area is 111 Å².